The Labute approximate surface area is 134 Å². The molecule has 0 saturated heterocycles. The van der Waals surface area contributed by atoms with E-state index in [9.17, 15) is 4.39 Å². The molecule has 2 rings (SSSR count). The number of anilines is 1. The van der Waals surface area contributed by atoms with Gasteiger partial charge in [0.05, 0.1) is 17.6 Å². The third-order valence-electron chi connectivity index (χ3n) is 2.96. The van der Waals surface area contributed by atoms with Gasteiger partial charge in [-0.15, -0.1) is 0 Å². The summed E-state index contributed by atoms with van der Waals surface area (Å²) in [6.07, 6.45) is 0. The SMILES string of the molecule is COc1cc(NC(C)c2ccc(Br)cc2F)ccc1Br. The van der Waals surface area contributed by atoms with Crippen molar-refractivity contribution in [3.05, 3.63) is 56.7 Å². The maximum absolute atomic E-state index is 13.9. The number of hydrogen-bond acceptors (Lipinski definition) is 2. The van der Waals surface area contributed by atoms with E-state index in [0.29, 0.717) is 5.56 Å². The Hall–Kier alpha value is -1.07. The molecule has 0 saturated carbocycles. The van der Waals surface area contributed by atoms with Crippen LogP contribution in [0.5, 0.6) is 5.75 Å². The van der Waals surface area contributed by atoms with E-state index in [2.05, 4.69) is 37.2 Å². The van der Waals surface area contributed by atoms with Crippen LogP contribution in [0.2, 0.25) is 0 Å². The maximum Gasteiger partial charge on any atom is 0.135 e. The van der Waals surface area contributed by atoms with Crippen LogP contribution in [-0.4, -0.2) is 7.11 Å². The second-order valence-electron chi connectivity index (χ2n) is 4.38. The lowest BCUT2D eigenvalue weighted by molar-refractivity contribution is 0.412. The van der Waals surface area contributed by atoms with Gasteiger partial charge < -0.3 is 10.1 Å². The molecule has 5 heteroatoms. The fourth-order valence-electron chi connectivity index (χ4n) is 1.93. The molecule has 0 aliphatic heterocycles. The van der Waals surface area contributed by atoms with E-state index in [-0.39, 0.29) is 11.9 Å². The lowest BCUT2D eigenvalue weighted by atomic mass is 10.1. The van der Waals surface area contributed by atoms with Crippen molar-refractivity contribution in [2.75, 3.05) is 12.4 Å². The molecule has 1 N–H and O–H groups in total. The maximum atomic E-state index is 13.9. The van der Waals surface area contributed by atoms with Crippen LogP contribution in [-0.2, 0) is 0 Å². The van der Waals surface area contributed by atoms with Crippen LogP contribution in [0, 0.1) is 5.82 Å². The normalized spacial score (nSPS) is 12.1. The second-order valence-corrected chi connectivity index (χ2v) is 6.15. The van der Waals surface area contributed by atoms with E-state index in [0.717, 1.165) is 20.4 Å². The van der Waals surface area contributed by atoms with Crippen molar-refractivity contribution < 1.29 is 9.13 Å². The van der Waals surface area contributed by atoms with Crippen LogP contribution in [0.3, 0.4) is 0 Å². The Balaban J connectivity index is 2.21. The standard InChI is InChI=1S/C15H14Br2FNO/c1-9(12-5-3-10(16)7-14(12)18)19-11-4-6-13(17)15(8-11)20-2/h3-9,19H,1-2H3. The minimum absolute atomic E-state index is 0.144. The Kier molecular flexibility index (Phi) is 5.05. The number of nitrogens with one attached hydrogen (secondary N) is 1. The molecule has 0 heterocycles. The number of halogens is 3. The zero-order valence-corrected chi connectivity index (χ0v) is 14.3. The summed E-state index contributed by atoms with van der Waals surface area (Å²) in [6, 6.07) is 10.6. The highest BCUT2D eigenvalue weighted by Crippen LogP contribution is 2.30. The van der Waals surface area contributed by atoms with E-state index in [1.165, 1.54) is 6.07 Å². The van der Waals surface area contributed by atoms with Crippen molar-refractivity contribution in [3.8, 4) is 5.75 Å². The molecule has 1 unspecified atom stereocenters. The number of methoxy groups -OCH3 is 1. The molecule has 0 aromatic heterocycles. The van der Waals surface area contributed by atoms with Gasteiger partial charge in [0.15, 0.2) is 0 Å². The van der Waals surface area contributed by atoms with Gasteiger partial charge in [-0.25, -0.2) is 4.39 Å². The molecule has 0 bridgehead atoms. The van der Waals surface area contributed by atoms with Gasteiger partial charge >= 0.3 is 0 Å². The second kappa shape index (κ2) is 6.59. The number of benzene rings is 2. The fraction of sp³-hybridized carbons (Fsp3) is 0.200. The Morgan fingerprint density at radius 3 is 2.55 bits per heavy atom. The molecule has 1 atom stereocenters. The van der Waals surface area contributed by atoms with Crippen molar-refractivity contribution in [1.29, 1.82) is 0 Å². The quantitative estimate of drug-likeness (QED) is 0.725. The third-order valence-corrected chi connectivity index (χ3v) is 4.11. The van der Waals surface area contributed by atoms with Gasteiger partial charge in [-0.2, -0.15) is 0 Å². The predicted octanol–water partition coefficient (Wildman–Crippen LogP) is 5.53. The van der Waals surface area contributed by atoms with Crippen LogP contribution in [0.1, 0.15) is 18.5 Å². The summed E-state index contributed by atoms with van der Waals surface area (Å²) in [5.74, 6) is 0.502. The highest BCUT2D eigenvalue weighted by Gasteiger charge is 2.12. The summed E-state index contributed by atoms with van der Waals surface area (Å²) in [4.78, 5) is 0. The first-order chi connectivity index (χ1) is 9.51. The highest BCUT2D eigenvalue weighted by atomic mass is 79.9. The summed E-state index contributed by atoms with van der Waals surface area (Å²) in [6.45, 7) is 1.92. The average Bonchev–Trinajstić information content (AvgIpc) is 2.40. The third kappa shape index (κ3) is 3.52. The first-order valence-corrected chi connectivity index (χ1v) is 7.65. The average molecular weight is 403 g/mol. The molecule has 0 amide bonds. The van der Waals surface area contributed by atoms with Gasteiger partial charge in [-0.1, -0.05) is 22.0 Å². The Bertz CT molecular complexity index is 619. The van der Waals surface area contributed by atoms with E-state index < -0.39 is 0 Å². The van der Waals surface area contributed by atoms with Gasteiger partial charge in [0.25, 0.3) is 0 Å². The molecule has 0 aliphatic carbocycles. The first kappa shape index (κ1) is 15.3. The van der Waals surface area contributed by atoms with Crippen LogP contribution >= 0.6 is 31.9 Å². The van der Waals surface area contributed by atoms with E-state index in [4.69, 9.17) is 4.74 Å². The number of rotatable bonds is 4. The zero-order valence-electron chi connectivity index (χ0n) is 11.1. The molecule has 106 valence electrons. The molecule has 0 spiro atoms. The molecule has 0 fully saturated rings. The molecule has 2 aromatic rings. The molecular weight excluding hydrogens is 389 g/mol. The molecular formula is C15H14Br2FNO. The van der Waals surface area contributed by atoms with Crippen molar-refractivity contribution in [2.45, 2.75) is 13.0 Å². The summed E-state index contributed by atoms with van der Waals surface area (Å²) in [5, 5.41) is 3.26. The van der Waals surface area contributed by atoms with E-state index in [1.54, 1.807) is 13.2 Å². The fourth-order valence-corrected chi connectivity index (χ4v) is 2.67. The molecule has 0 radical (unpaired) electrons. The summed E-state index contributed by atoms with van der Waals surface area (Å²) < 4.78 is 20.8. The van der Waals surface area contributed by atoms with Gasteiger partial charge in [0.2, 0.25) is 0 Å². The minimum Gasteiger partial charge on any atom is -0.495 e. The number of hydrogen-bond donors (Lipinski definition) is 1. The van der Waals surface area contributed by atoms with E-state index in [1.807, 2.05) is 31.2 Å². The van der Waals surface area contributed by atoms with Crippen molar-refractivity contribution >= 4 is 37.5 Å². The smallest absolute Gasteiger partial charge is 0.135 e. The molecule has 2 nitrogen and oxygen atoms in total. The van der Waals surface area contributed by atoms with Crippen molar-refractivity contribution in [2.24, 2.45) is 0 Å². The number of ether oxygens (including phenoxy) is 1. The van der Waals surface area contributed by atoms with Crippen molar-refractivity contribution in [1.82, 2.24) is 0 Å². The molecule has 0 aliphatic rings. The predicted molar refractivity (Wildman–Crippen MR) is 86.8 cm³/mol. The Morgan fingerprint density at radius 2 is 1.90 bits per heavy atom. The van der Waals surface area contributed by atoms with Gasteiger partial charge in [-0.3, -0.25) is 0 Å². The lowest BCUT2D eigenvalue weighted by Gasteiger charge is -2.17. The Morgan fingerprint density at radius 1 is 1.15 bits per heavy atom. The van der Waals surface area contributed by atoms with Crippen LogP contribution in [0.25, 0.3) is 0 Å². The van der Waals surface area contributed by atoms with Gasteiger partial charge in [0.1, 0.15) is 11.6 Å². The minimum atomic E-state index is -0.233. The summed E-state index contributed by atoms with van der Waals surface area (Å²) in [5.41, 5.74) is 1.50. The van der Waals surface area contributed by atoms with Crippen LogP contribution < -0.4 is 10.1 Å². The topological polar surface area (TPSA) is 21.3 Å². The first-order valence-electron chi connectivity index (χ1n) is 6.06. The van der Waals surface area contributed by atoms with Crippen LogP contribution in [0.4, 0.5) is 10.1 Å². The molecule has 20 heavy (non-hydrogen) atoms. The monoisotopic (exact) mass is 401 g/mol. The van der Waals surface area contributed by atoms with Gasteiger partial charge in [-0.05, 0) is 47.1 Å². The summed E-state index contributed by atoms with van der Waals surface area (Å²) in [7, 11) is 1.61. The van der Waals surface area contributed by atoms with Gasteiger partial charge in [0, 0.05) is 21.8 Å². The zero-order chi connectivity index (χ0) is 14.7. The largest absolute Gasteiger partial charge is 0.495 e. The summed E-state index contributed by atoms with van der Waals surface area (Å²) >= 11 is 6.66. The van der Waals surface area contributed by atoms with Crippen LogP contribution in [0.15, 0.2) is 45.3 Å². The lowest BCUT2D eigenvalue weighted by Crippen LogP contribution is -2.08. The molecule has 2 aromatic carbocycles. The highest BCUT2D eigenvalue weighted by molar-refractivity contribution is 9.10. The van der Waals surface area contributed by atoms with E-state index >= 15 is 0 Å². The van der Waals surface area contributed by atoms with Crippen molar-refractivity contribution in [3.63, 3.8) is 0 Å².